The Morgan fingerprint density at radius 1 is 1.19 bits per heavy atom. The van der Waals surface area contributed by atoms with E-state index in [1.54, 1.807) is 55.6 Å². The van der Waals surface area contributed by atoms with Gasteiger partial charge in [0.2, 0.25) is 0 Å². The lowest BCUT2D eigenvalue weighted by atomic mass is 10.1. The van der Waals surface area contributed by atoms with Gasteiger partial charge in [-0.05, 0) is 72.1 Å². The van der Waals surface area contributed by atoms with Crippen LogP contribution in [0.2, 0.25) is 5.02 Å². The Morgan fingerprint density at radius 3 is 2.65 bits per heavy atom. The zero-order chi connectivity index (χ0) is 18.6. The van der Waals surface area contributed by atoms with E-state index >= 15 is 0 Å². The maximum Gasteiger partial charge on any atom is 0.263 e. The number of nitrogens with zero attached hydrogens (tertiary/aromatic N) is 1. The smallest absolute Gasteiger partial charge is 0.263 e. The van der Waals surface area contributed by atoms with Gasteiger partial charge in [-0.15, -0.1) is 0 Å². The van der Waals surface area contributed by atoms with Crippen LogP contribution in [0.4, 0.5) is 0 Å². The predicted octanol–water partition coefficient (Wildman–Crippen LogP) is 4.94. The lowest BCUT2D eigenvalue weighted by Gasteiger charge is -2.25. The van der Waals surface area contributed by atoms with E-state index in [0.717, 1.165) is 16.7 Å². The SMILES string of the molecule is CC(C)(Oc1ccc(Cl)cc1)C(=O)NCc1cncc(-c2ccsc2)c1. The molecule has 0 fully saturated rings. The fourth-order valence-electron chi connectivity index (χ4n) is 2.41. The molecule has 0 aliphatic heterocycles. The summed E-state index contributed by atoms with van der Waals surface area (Å²) in [6.45, 7) is 3.85. The summed E-state index contributed by atoms with van der Waals surface area (Å²) in [4.78, 5) is 16.8. The minimum Gasteiger partial charge on any atom is -0.478 e. The van der Waals surface area contributed by atoms with Crippen LogP contribution < -0.4 is 10.1 Å². The van der Waals surface area contributed by atoms with E-state index in [1.807, 2.05) is 23.7 Å². The average molecular weight is 387 g/mol. The molecule has 0 aliphatic rings. The van der Waals surface area contributed by atoms with Crippen LogP contribution in [0.3, 0.4) is 0 Å². The van der Waals surface area contributed by atoms with Gasteiger partial charge in [0.1, 0.15) is 5.75 Å². The number of nitrogens with one attached hydrogen (secondary N) is 1. The Kier molecular flexibility index (Phi) is 5.59. The minimum atomic E-state index is -1.01. The lowest BCUT2D eigenvalue weighted by molar-refractivity contribution is -0.134. The van der Waals surface area contributed by atoms with Gasteiger partial charge in [-0.3, -0.25) is 9.78 Å². The van der Waals surface area contributed by atoms with E-state index < -0.39 is 5.60 Å². The first-order valence-electron chi connectivity index (χ1n) is 8.13. The lowest BCUT2D eigenvalue weighted by Crippen LogP contribution is -2.46. The van der Waals surface area contributed by atoms with Crippen molar-refractivity contribution >= 4 is 28.8 Å². The van der Waals surface area contributed by atoms with Crippen LogP contribution in [0.5, 0.6) is 5.75 Å². The van der Waals surface area contributed by atoms with Gasteiger partial charge in [0.15, 0.2) is 5.60 Å². The number of hydrogen-bond acceptors (Lipinski definition) is 4. The van der Waals surface area contributed by atoms with Gasteiger partial charge in [0.25, 0.3) is 5.91 Å². The second-order valence-electron chi connectivity index (χ2n) is 6.34. The number of hydrogen-bond donors (Lipinski definition) is 1. The molecular formula is C20H19ClN2O2S. The number of halogens is 1. The van der Waals surface area contributed by atoms with Crippen LogP contribution in [0, 0.1) is 0 Å². The van der Waals surface area contributed by atoms with Crippen molar-refractivity contribution in [3.63, 3.8) is 0 Å². The van der Waals surface area contributed by atoms with Crippen LogP contribution in [-0.2, 0) is 11.3 Å². The molecule has 1 N–H and O–H groups in total. The van der Waals surface area contributed by atoms with Crippen LogP contribution in [-0.4, -0.2) is 16.5 Å². The monoisotopic (exact) mass is 386 g/mol. The van der Waals surface area contributed by atoms with E-state index in [9.17, 15) is 4.79 Å². The van der Waals surface area contributed by atoms with E-state index in [-0.39, 0.29) is 5.91 Å². The maximum atomic E-state index is 12.5. The number of benzene rings is 1. The molecule has 0 saturated carbocycles. The third-order valence-electron chi connectivity index (χ3n) is 3.84. The highest BCUT2D eigenvalue weighted by atomic mass is 35.5. The molecule has 26 heavy (non-hydrogen) atoms. The van der Waals surface area contributed by atoms with Crippen molar-refractivity contribution in [2.24, 2.45) is 0 Å². The third kappa shape index (κ3) is 4.62. The number of ether oxygens (including phenoxy) is 1. The second kappa shape index (κ2) is 7.89. The van der Waals surface area contributed by atoms with Gasteiger partial charge in [0, 0.05) is 29.5 Å². The summed E-state index contributed by atoms with van der Waals surface area (Å²) in [5, 5.41) is 7.64. The Balaban J connectivity index is 1.62. The van der Waals surface area contributed by atoms with Gasteiger partial charge in [-0.2, -0.15) is 11.3 Å². The van der Waals surface area contributed by atoms with Gasteiger partial charge < -0.3 is 10.1 Å². The van der Waals surface area contributed by atoms with Crippen molar-refractivity contribution in [2.45, 2.75) is 26.0 Å². The van der Waals surface area contributed by atoms with Crippen molar-refractivity contribution < 1.29 is 9.53 Å². The molecule has 1 aromatic carbocycles. The Hall–Kier alpha value is -2.37. The molecule has 0 spiro atoms. The van der Waals surface area contributed by atoms with Crippen LogP contribution in [0.1, 0.15) is 19.4 Å². The minimum absolute atomic E-state index is 0.201. The quantitative estimate of drug-likeness (QED) is 0.653. The summed E-state index contributed by atoms with van der Waals surface area (Å²) in [6, 6.07) is 11.0. The Labute approximate surface area is 161 Å². The summed E-state index contributed by atoms with van der Waals surface area (Å²) < 4.78 is 5.80. The molecule has 2 heterocycles. The van der Waals surface area contributed by atoms with Gasteiger partial charge in [0.05, 0.1) is 0 Å². The Bertz CT molecular complexity index is 877. The average Bonchev–Trinajstić information content (AvgIpc) is 3.16. The zero-order valence-corrected chi connectivity index (χ0v) is 16.1. The van der Waals surface area contributed by atoms with E-state index in [4.69, 9.17) is 16.3 Å². The van der Waals surface area contributed by atoms with Gasteiger partial charge in [-0.1, -0.05) is 11.6 Å². The summed E-state index contributed by atoms with van der Waals surface area (Å²) in [5.74, 6) is 0.393. The largest absolute Gasteiger partial charge is 0.478 e. The van der Waals surface area contributed by atoms with Crippen LogP contribution >= 0.6 is 22.9 Å². The molecule has 3 aromatic rings. The number of amides is 1. The number of carbonyl (C=O) groups is 1. The van der Waals surface area contributed by atoms with Crippen molar-refractivity contribution in [3.8, 4) is 16.9 Å². The van der Waals surface area contributed by atoms with E-state index in [0.29, 0.717) is 17.3 Å². The molecule has 3 rings (SSSR count). The highest BCUT2D eigenvalue weighted by Gasteiger charge is 2.29. The number of pyridine rings is 1. The molecule has 1 amide bonds. The topological polar surface area (TPSA) is 51.2 Å². The highest BCUT2D eigenvalue weighted by Crippen LogP contribution is 2.23. The van der Waals surface area contributed by atoms with Crippen LogP contribution in [0.25, 0.3) is 11.1 Å². The van der Waals surface area contributed by atoms with Gasteiger partial charge in [-0.25, -0.2) is 0 Å². The maximum absolute atomic E-state index is 12.5. The van der Waals surface area contributed by atoms with Gasteiger partial charge >= 0.3 is 0 Å². The number of aromatic nitrogens is 1. The number of thiophene rings is 1. The molecule has 2 aromatic heterocycles. The molecule has 0 bridgehead atoms. The summed E-state index contributed by atoms with van der Waals surface area (Å²) in [6.07, 6.45) is 3.57. The zero-order valence-electron chi connectivity index (χ0n) is 14.5. The molecule has 0 saturated heterocycles. The van der Waals surface area contributed by atoms with E-state index in [1.165, 1.54) is 0 Å². The first-order chi connectivity index (χ1) is 12.4. The third-order valence-corrected chi connectivity index (χ3v) is 4.77. The molecule has 134 valence electrons. The van der Waals surface area contributed by atoms with Crippen molar-refractivity contribution in [1.82, 2.24) is 10.3 Å². The number of rotatable bonds is 6. The summed E-state index contributed by atoms with van der Waals surface area (Å²) >= 11 is 7.51. The van der Waals surface area contributed by atoms with Crippen molar-refractivity contribution in [2.75, 3.05) is 0 Å². The fraction of sp³-hybridized carbons (Fsp3) is 0.200. The second-order valence-corrected chi connectivity index (χ2v) is 7.56. The fourth-order valence-corrected chi connectivity index (χ4v) is 3.20. The summed E-state index contributed by atoms with van der Waals surface area (Å²) in [7, 11) is 0. The van der Waals surface area contributed by atoms with Crippen LogP contribution in [0.15, 0.2) is 59.6 Å². The standard InChI is InChI=1S/C20H19ClN2O2S/c1-20(2,25-18-5-3-17(21)4-6-18)19(24)23-11-14-9-16(12-22-10-14)15-7-8-26-13-15/h3-10,12-13H,11H2,1-2H3,(H,23,24). The predicted molar refractivity (Wildman–Crippen MR) is 106 cm³/mol. The summed E-state index contributed by atoms with van der Waals surface area (Å²) in [5.41, 5.74) is 2.09. The molecule has 0 radical (unpaired) electrons. The normalized spacial score (nSPS) is 11.2. The number of carbonyl (C=O) groups excluding carboxylic acids is 1. The van der Waals surface area contributed by atoms with E-state index in [2.05, 4.69) is 15.7 Å². The molecule has 6 heteroatoms. The highest BCUT2D eigenvalue weighted by molar-refractivity contribution is 7.08. The molecule has 0 atom stereocenters. The first-order valence-corrected chi connectivity index (χ1v) is 9.45. The van der Waals surface area contributed by atoms with Crippen molar-refractivity contribution in [3.05, 3.63) is 70.1 Å². The van der Waals surface area contributed by atoms with Crippen molar-refractivity contribution in [1.29, 1.82) is 0 Å². The molecular weight excluding hydrogens is 368 g/mol. The Morgan fingerprint density at radius 2 is 1.96 bits per heavy atom. The first kappa shape index (κ1) is 18.4. The molecule has 0 unspecified atom stereocenters. The molecule has 4 nitrogen and oxygen atoms in total. The molecule has 0 aliphatic carbocycles.